The lowest BCUT2D eigenvalue weighted by molar-refractivity contribution is -0.153. The van der Waals surface area contributed by atoms with Crippen molar-refractivity contribution in [1.29, 1.82) is 0 Å². The first-order valence-electron chi connectivity index (χ1n) is 9.91. The number of alkyl halides is 3. The lowest BCUT2D eigenvalue weighted by Gasteiger charge is -2.40. The molecule has 0 unspecified atom stereocenters. The maximum absolute atomic E-state index is 13.1. The van der Waals surface area contributed by atoms with Crippen LogP contribution in [0.2, 0.25) is 0 Å². The normalized spacial score (nSPS) is 27.6. The van der Waals surface area contributed by atoms with Crippen molar-refractivity contribution in [3.8, 4) is 5.75 Å². The van der Waals surface area contributed by atoms with Gasteiger partial charge in [-0.25, -0.2) is 8.42 Å². The number of halogens is 3. The Kier molecular flexibility index (Phi) is 6.12. The quantitative estimate of drug-likeness (QED) is 0.722. The fourth-order valence-electron chi connectivity index (χ4n) is 4.27. The van der Waals surface area contributed by atoms with Crippen molar-refractivity contribution in [2.24, 2.45) is 5.41 Å². The van der Waals surface area contributed by atoms with Crippen molar-refractivity contribution in [1.82, 2.24) is 0 Å². The van der Waals surface area contributed by atoms with Crippen LogP contribution in [0.5, 0.6) is 5.75 Å². The van der Waals surface area contributed by atoms with E-state index in [1.807, 2.05) is 0 Å². The number of hydrogen-bond donors (Lipinski definition) is 1. The molecule has 168 valence electrons. The fourth-order valence-corrected chi connectivity index (χ4v) is 5.58. The number of ether oxygens (including phenoxy) is 1. The van der Waals surface area contributed by atoms with Crippen LogP contribution in [0.3, 0.4) is 0 Å². The fraction of sp³-hybridized carbons (Fsp3) is 0.650. The summed E-state index contributed by atoms with van der Waals surface area (Å²) in [5.41, 5.74) is -1.36. The molecule has 1 saturated carbocycles. The minimum Gasteiger partial charge on any atom is -0.484 e. The number of hydrogen-bond acceptors (Lipinski definition) is 5. The number of carbonyl (C=O) groups excluding carboxylic acids is 1. The Balaban J connectivity index is 1.64. The summed E-state index contributed by atoms with van der Waals surface area (Å²) < 4.78 is 65.3. The van der Waals surface area contributed by atoms with Gasteiger partial charge in [-0.15, -0.1) is 0 Å². The maximum atomic E-state index is 13.1. The highest BCUT2D eigenvalue weighted by Gasteiger charge is 2.52. The van der Waals surface area contributed by atoms with Gasteiger partial charge in [-0.1, -0.05) is 6.92 Å². The molecule has 1 aromatic rings. The topological polar surface area (TPSA) is 83.9 Å². The van der Waals surface area contributed by atoms with E-state index in [-0.39, 0.29) is 36.0 Å². The highest BCUT2D eigenvalue weighted by Crippen LogP contribution is 2.49. The van der Waals surface area contributed by atoms with E-state index in [0.717, 1.165) is 0 Å². The van der Waals surface area contributed by atoms with Crippen molar-refractivity contribution in [3.63, 3.8) is 0 Å². The van der Waals surface area contributed by atoms with Crippen molar-refractivity contribution < 1.29 is 36.2 Å². The van der Waals surface area contributed by atoms with E-state index < -0.39 is 33.6 Å². The molecule has 0 radical (unpaired) electrons. The predicted octanol–water partition coefficient (Wildman–Crippen LogP) is 3.09. The molecule has 3 rings (SSSR count). The van der Waals surface area contributed by atoms with Crippen LogP contribution in [0, 0.1) is 5.41 Å². The summed E-state index contributed by atoms with van der Waals surface area (Å²) >= 11 is 0. The number of benzene rings is 1. The molecule has 1 aliphatic heterocycles. The summed E-state index contributed by atoms with van der Waals surface area (Å²) in [5, 5.41) is 10.7. The molecule has 2 fully saturated rings. The third-order valence-corrected chi connectivity index (χ3v) is 7.99. The monoisotopic (exact) mass is 449 g/mol. The minimum absolute atomic E-state index is 0.0319. The van der Waals surface area contributed by atoms with Gasteiger partial charge in [0.25, 0.3) is 0 Å². The summed E-state index contributed by atoms with van der Waals surface area (Å²) in [4.78, 5) is 14.7. The zero-order valence-corrected chi connectivity index (χ0v) is 17.6. The number of amides is 1. The number of sulfone groups is 1. The van der Waals surface area contributed by atoms with Gasteiger partial charge in [0.2, 0.25) is 5.91 Å². The molecule has 6 nitrogen and oxygen atoms in total. The van der Waals surface area contributed by atoms with Crippen LogP contribution in [0.25, 0.3) is 0 Å². The Hall–Kier alpha value is -1.81. The second-order valence-corrected chi connectivity index (χ2v) is 10.6. The first kappa shape index (κ1) is 22.9. The largest absolute Gasteiger partial charge is 0.484 e. The minimum atomic E-state index is -4.42. The Bertz CT molecular complexity index is 875. The predicted molar refractivity (Wildman–Crippen MR) is 105 cm³/mol. The van der Waals surface area contributed by atoms with Gasteiger partial charge in [0, 0.05) is 18.0 Å². The third-order valence-electron chi connectivity index (χ3n) is 6.13. The van der Waals surface area contributed by atoms with E-state index in [1.54, 1.807) is 24.0 Å². The molecule has 30 heavy (non-hydrogen) atoms. The third kappa shape index (κ3) is 5.08. The molecular weight excluding hydrogens is 423 g/mol. The van der Waals surface area contributed by atoms with E-state index in [9.17, 15) is 31.5 Å². The summed E-state index contributed by atoms with van der Waals surface area (Å²) in [7, 11) is -3.33. The first-order chi connectivity index (χ1) is 13.9. The Labute approximate surface area is 173 Å². The number of anilines is 1. The van der Waals surface area contributed by atoms with E-state index in [2.05, 4.69) is 0 Å². The number of nitrogens with zero attached hydrogens (tertiary/aromatic N) is 1. The molecule has 10 heteroatoms. The number of carbonyl (C=O) groups is 1. The first-order valence-corrected chi connectivity index (χ1v) is 11.7. The Morgan fingerprint density at radius 1 is 1.10 bits per heavy atom. The van der Waals surface area contributed by atoms with Crippen LogP contribution in [0.15, 0.2) is 24.3 Å². The molecule has 1 spiro atoms. The van der Waals surface area contributed by atoms with Gasteiger partial charge in [-0.2, -0.15) is 13.2 Å². The standard InChI is InChI=1S/C20H26F3NO5S/c1-2-30(27,28)14-19(26)9-7-18(8-10-19)11-12-24(17(18)25)15-3-5-16(6-4-15)29-13-20(21,22)23/h3-6,26H,2,7-14H2,1H3. The van der Waals surface area contributed by atoms with Crippen LogP contribution in [0.1, 0.15) is 39.0 Å². The van der Waals surface area contributed by atoms with Gasteiger partial charge in [-0.3, -0.25) is 4.79 Å². The summed E-state index contributed by atoms with van der Waals surface area (Å²) in [6.07, 6.45) is -2.52. The smallest absolute Gasteiger partial charge is 0.422 e. The van der Waals surface area contributed by atoms with E-state index in [4.69, 9.17) is 4.74 Å². The lowest BCUT2D eigenvalue weighted by Crippen LogP contribution is -2.47. The summed E-state index contributed by atoms with van der Waals surface area (Å²) in [5.74, 6) is -0.344. The van der Waals surface area contributed by atoms with Crippen LogP contribution >= 0.6 is 0 Å². The van der Waals surface area contributed by atoms with E-state index in [0.29, 0.717) is 31.5 Å². The van der Waals surface area contributed by atoms with Gasteiger partial charge in [0.15, 0.2) is 16.4 Å². The average molecular weight is 449 g/mol. The molecule has 1 aromatic carbocycles. The highest BCUT2D eigenvalue weighted by molar-refractivity contribution is 7.91. The van der Waals surface area contributed by atoms with Gasteiger partial charge < -0.3 is 14.7 Å². The molecule has 2 aliphatic rings. The summed E-state index contributed by atoms with van der Waals surface area (Å²) in [6.45, 7) is 0.628. The average Bonchev–Trinajstić information content (AvgIpc) is 2.99. The Morgan fingerprint density at radius 2 is 1.70 bits per heavy atom. The lowest BCUT2D eigenvalue weighted by atomic mass is 9.68. The SMILES string of the molecule is CCS(=O)(=O)CC1(O)CCC2(CCN(c3ccc(OCC(F)(F)F)cc3)C2=O)CC1. The van der Waals surface area contributed by atoms with Crippen LogP contribution in [-0.4, -0.2) is 55.9 Å². The van der Waals surface area contributed by atoms with Crippen molar-refractivity contribution in [3.05, 3.63) is 24.3 Å². The summed E-state index contributed by atoms with van der Waals surface area (Å²) in [6, 6.07) is 5.90. The van der Waals surface area contributed by atoms with E-state index >= 15 is 0 Å². The maximum Gasteiger partial charge on any atom is 0.422 e. The van der Waals surface area contributed by atoms with Crippen molar-refractivity contribution >= 4 is 21.4 Å². The highest BCUT2D eigenvalue weighted by atomic mass is 32.2. The number of aliphatic hydroxyl groups is 1. The molecule has 0 aromatic heterocycles. The zero-order valence-electron chi connectivity index (χ0n) is 16.7. The van der Waals surface area contributed by atoms with Crippen molar-refractivity contribution in [2.45, 2.75) is 50.8 Å². The molecule has 0 bridgehead atoms. The van der Waals surface area contributed by atoms with Gasteiger partial charge >= 0.3 is 6.18 Å². The van der Waals surface area contributed by atoms with Crippen LogP contribution in [0.4, 0.5) is 18.9 Å². The van der Waals surface area contributed by atoms with Crippen LogP contribution in [-0.2, 0) is 14.6 Å². The molecule has 1 N–H and O–H groups in total. The molecule has 1 amide bonds. The molecule has 0 atom stereocenters. The molecular formula is C20H26F3NO5S. The second kappa shape index (κ2) is 8.03. The number of rotatable bonds is 6. The second-order valence-electron chi connectivity index (χ2n) is 8.29. The molecule has 1 heterocycles. The van der Waals surface area contributed by atoms with Gasteiger partial charge in [0.1, 0.15) is 5.75 Å². The van der Waals surface area contributed by atoms with Crippen molar-refractivity contribution in [2.75, 3.05) is 29.6 Å². The van der Waals surface area contributed by atoms with E-state index in [1.165, 1.54) is 12.1 Å². The molecule has 1 saturated heterocycles. The van der Waals surface area contributed by atoms with Gasteiger partial charge in [-0.05, 0) is 56.4 Å². The zero-order chi connectivity index (χ0) is 22.2. The Morgan fingerprint density at radius 3 is 2.23 bits per heavy atom. The molecule has 1 aliphatic carbocycles. The van der Waals surface area contributed by atoms with Crippen LogP contribution < -0.4 is 9.64 Å². The van der Waals surface area contributed by atoms with Gasteiger partial charge in [0.05, 0.1) is 16.8 Å².